The number of carbonyl (C=O) groups is 1. The van der Waals surface area contributed by atoms with E-state index >= 15 is 0 Å². The molecule has 104 valence electrons. The van der Waals surface area contributed by atoms with Crippen molar-refractivity contribution in [3.63, 3.8) is 0 Å². The number of hydrogen-bond donors (Lipinski definition) is 2. The van der Waals surface area contributed by atoms with Crippen molar-refractivity contribution in [1.82, 2.24) is 5.32 Å². The number of hydrogen-bond acceptors (Lipinski definition) is 3. The fourth-order valence-electron chi connectivity index (χ4n) is 2.27. The lowest BCUT2D eigenvalue weighted by molar-refractivity contribution is 0.00299. The fourth-order valence-corrected chi connectivity index (χ4v) is 2.27. The Balaban J connectivity index is 1.81. The van der Waals surface area contributed by atoms with Crippen LogP contribution in [0.5, 0.6) is 0 Å². The fraction of sp³-hybridized carbons (Fsp3) is 0.533. The first-order valence-corrected chi connectivity index (χ1v) is 6.99. The van der Waals surface area contributed by atoms with Crippen LogP contribution in [-0.2, 0) is 4.74 Å². The number of nitrogens with one attached hydrogen (secondary N) is 2. The van der Waals surface area contributed by atoms with Crippen LogP contribution >= 0.6 is 0 Å². The van der Waals surface area contributed by atoms with Gasteiger partial charge in [0.2, 0.25) is 0 Å². The zero-order valence-corrected chi connectivity index (χ0v) is 11.6. The molecule has 1 amide bonds. The van der Waals surface area contributed by atoms with Gasteiger partial charge in [0.25, 0.3) is 5.91 Å². The topological polar surface area (TPSA) is 50.4 Å². The predicted molar refractivity (Wildman–Crippen MR) is 76.5 cm³/mol. The number of amides is 1. The van der Waals surface area contributed by atoms with E-state index in [9.17, 15) is 4.79 Å². The van der Waals surface area contributed by atoms with E-state index in [1.54, 1.807) is 0 Å². The molecule has 1 aromatic carbocycles. The van der Waals surface area contributed by atoms with Gasteiger partial charge >= 0.3 is 0 Å². The van der Waals surface area contributed by atoms with Crippen LogP contribution in [0.25, 0.3) is 0 Å². The van der Waals surface area contributed by atoms with E-state index < -0.39 is 0 Å². The third-order valence-corrected chi connectivity index (χ3v) is 3.35. The number of anilines is 1. The van der Waals surface area contributed by atoms with Crippen molar-refractivity contribution in [3.05, 3.63) is 29.8 Å². The molecule has 1 fully saturated rings. The summed E-state index contributed by atoms with van der Waals surface area (Å²) in [6.45, 7) is 5.39. The number of ether oxygens (including phenoxy) is 1. The molecule has 0 aliphatic heterocycles. The molecule has 0 atom stereocenters. The van der Waals surface area contributed by atoms with Crippen molar-refractivity contribution in [2.24, 2.45) is 0 Å². The van der Waals surface area contributed by atoms with Crippen molar-refractivity contribution in [1.29, 1.82) is 0 Å². The van der Waals surface area contributed by atoms with Crippen molar-refractivity contribution in [2.45, 2.75) is 38.8 Å². The average Bonchev–Trinajstić information content (AvgIpc) is 2.37. The van der Waals surface area contributed by atoms with Crippen LogP contribution in [0.2, 0.25) is 0 Å². The lowest BCUT2D eigenvalue weighted by Gasteiger charge is -2.36. The molecule has 4 nitrogen and oxygen atoms in total. The third-order valence-electron chi connectivity index (χ3n) is 3.35. The zero-order valence-electron chi connectivity index (χ0n) is 11.6. The summed E-state index contributed by atoms with van der Waals surface area (Å²) in [6.07, 6.45) is 2.54. The largest absolute Gasteiger partial charge is 0.382 e. The Morgan fingerprint density at radius 2 is 1.95 bits per heavy atom. The second-order valence-electron chi connectivity index (χ2n) is 4.83. The highest BCUT2D eigenvalue weighted by molar-refractivity contribution is 5.94. The van der Waals surface area contributed by atoms with Gasteiger partial charge in [-0.2, -0.15) is 0 Å². The molecule has 1 aliphatic carbocycles. The molecule has 2 N–H and O–H groups in total. The smallest absolute Gasteiger partial charge is 0.251 e. The Bertz CT molecular complexity index is 411. The number of carbonyl (C=O) groups excluding carboxylic acids is 1. The summed E-state index contributed by atoms with van der Waals surface area (Å²) < 4.78 is 5.53. The van der Waals surface area contributed by atoms with E-state index in [-0.39, 0.29) is 5.91 Å². The quantitative estimate of drug-likeness (QED) is 0.827. The van der Waals surface area contributed by atoms with E-state index in [4.69, 9.17) is 4.74 Å². The van der Waals surface area contributed by atoms with E-state index in [0.29, 0.717) is 24.3 Å². The minimum Gasteiger partial charge on any atom is -0.382 e. The van der Waals surface area contributed by atoms with Crippen LogP contribution < -0.4 is 10.6 Å². The maximum absolute atomic E-state index is 11.6. The Labute approximate surface area is 114 Å². The zero-order chi connectivity index (χ0) is 13.7. The normalized spacial score (nSPS) is 21.6. The van der Waals surface area contributed by atoms with Crippen molar-refractivity contribution in [2.75, 3.05) is 18.5 Å². The van der Waals surface area contributed by atoms with Gasteiger partial charge in [0.05, 0.1) is 6.10 Å². The number of rotatable bonds is 6. The van der Waals surface area contributed by atoms with Crippen molar-refractivity contribution < 1.29 is 9.53 Å². The molecule has 0 spiro atoms. The first-order valence-electron chi connectivity index (χ1n) is 6.99. The van der Waals surface area contributed by atoms with E-state index in [0.717, 1.165) is 25.1 Å². The summed E-state index contributed by atoms with van der Waals surface area (Å²) in [5, 5.41) is 6.24. The second kappa shape index (κ2) is 6.57. The average molecular weight is 262 g/mol. The van der Waals surface area contributed by atoms with Gasteiger partial charge in [-0.05, 0) is 51.0 Å². The van der Waals surface area contributed by atoms with Gasteiger partial charge in [0, 0.05) is 30.4 Å². The summed E-state index contributed by atoms with van der Waals surface area (Å²) in [6, 6.07) is 8.11. The molecule has 1 aromatic rings. The van der Waals surface area contributed by atoms with Gasteiger partial charge < -0.3 is 15.4 Å². The molecular weight excluding hydrogens is 240 g/mol. The first kappa shape index (κ1) is 13.9. The van der Waals surface area contributed by atoms with Crippen molar-refractivity contribution in [3.8, 4) is 0 Å². The monoisotopic (exact) mass is 262 g/mol. The molecule has 0 aromatic heterocycles. The molecule has 1 saturated carbocycles. The Hall–Kier alpha value is -1.55. The first-order chi connectivity index (χ1) is 9.22. The summed E-state index contributed by atoms with van der Waals surface area (Å²) in [5.41, 5.74) is 1.76. The Kier molecular flexibility index (Phi) is 4.80. The molecule has 0 bridgehead atoms. The molecule has 0 radical (unpaired) electrons. The lowest BCUT2D eigenvalue weighted by atomic mass is 9.89. The van der Waals surface area contributed by atoms with Gasteiger partial charge in [0.15, 0.2) is 0 Å². The van der Waals surface area contributed by atoms with Gasteiger partial charge in [-0.1, -0.05) is 0 Å². The van der Waals surface area contributed by atoms with E-state index in [1.807, 2.05) is 38.1 Å². The van der Waals surface area contributed by atoms with Crippen LogP contribution in [0.15, 0.2) is 24.3 Å². The minimum absolute atomic E-state index is 0.0193. The van der Waals surface area contributed by atoms with Gasteiger partial charge in [-0.15, -0.1) is 0 Å². The van der Waals surface area contributed by atoms with Crippen LogP contribution in [0.1, 0.15) is 37.0 Å². The highest BCUT2D eigenvalue weighted by atomic mass is 16.5. The summed E-state index contributed by atoms with van der Waals surface area (Å²) in [4.78, 5) is 11.6. The predicted octanol–water partition coefficient (Wildman–Crippen LogP) is 2.42. The van der Waals surface area contributed by atoms with Gasteiger partial charge in [-0.3, -0.25) is 4.79 Å². The molecule has 0 saturated heterocycles. The molecule has 19 heavy (non-hydrogen) atoms. The molecule has 2 rings (SSSR count). The minimum atomic E-state index is -0.0193. The highest BCUT2D eigenvalue weighted by Gasteiger charge is 2.29. The van der Waals surface area contributed by atoms with E-state index in [1.165, 1.54) is 0 Å². The van der Waals surface area contributed by atoms with E-state index in [2.05, 4.69) is 10.6 Å². The maximum atomic E-state index is 11.6. The van der Waals surface area contributed by atoms with Gasteiger partial charge in [-0.25, -0.2) is 0 Å². The Morgan fingerprint density at radius 3 is 2.53 bits per heavy atom. The highest BCUT2D eigenvalue weighted by Crippen LogP contribution is 2.26. The Morgan fingerprint density at radius 1 is 1.26 bits per heavy atom. The van der Waals surface area contributed by atoms with Crippen LogP contribution in [0.3, 0.4) is 0 Å². The van der Waals surface area contributed by atoms with Crippen LogP contribution in [0, 0.1) is 0 Å². The third kappa shape index (κ3) is 3.70. The molecule has 1 aliphatic rings. The molecular formula is C15H22N2O2. The summed E-state index contributed by atoms with van der Waals surface area (Å²) in [5.74, 6) is -0.0193. The molecule has 4 heteroatoms. The molecule has 0 heterocycles. The van der Waals surface area contributed by atoms with Crippen molar-refractivity contribution >= 4 is 11.6 Å². The SMILES string of the molecule is CCNC(=O)c1ccc(NC2CC(OCC)C2)cc1. The number of benzene rings is 1. The summed E-state index contributed by atoms with van der Waals surface area (Å²) >= 11 is 0. The van der Waals surface area contributed by atoms with Crippen LogP contribution in [0.4, 0.5) is 5.69 Å². The molecule has 0 unspecified atom stereocenters. The maximum Gasteiger partial charge on any atom is 0.251 e. The lowest BCUT2D eigenvalue weighted by Crippen LogP contribution is -2.40. The van der Waals surface area contributed by atoms with Crippen LogP contribution in [-0.4, -0.2) is 31.2 Å². The standard InChI is InChI=1S/C15H22N2O2/c1-3-16-15(18)11-5-7-12(8-6-11)17-13-9-14(10-13)19-4-2/h5-8,13-14,17H,3-4,9-10H2,1-2H3,(H,16,18). The summed E-state index contributed by atoms with van der Waals surface area (Å²) in [7, 11) is 0. The second-order valence-corrected chi connectivity index (χ2v) is 4.83. The van der Waals surface area contributed by atoms with Gasteiger partial charge in [0.1, 0.15) is 0 Å².